The van der Waals surface area contributed by atoms with Crippen LogP contribution in [0.3, 0.4) is 0 Å². The number of halogens is 1. The molecule has 0 saturated carbocycles. The van der Waals surface area contributed by atoms with E-state index in [0.29, 0.717) is 6.04 Å². The molecule has 1 heterocycles. The van der Waals surface area contributed by atoms with E-state index in [4.69, 9.17) is 4.99 Å². The molecule has 1 saturated heterocycles. The van der Waals surface area contributed by atoms with Gasteiger partial charge in [0, 0.05) is 52.4 Å². The molecule has 0 aromatic heterocycles. The van der Waals surface area contributed by atoms with Crippen LogP contribution in [-0.4, -0.2) is 86.6 Å². The average Bonchev–Trinajstić information content (AvgIpc) is 2.52. The maximum Gasteiger partial charge on any atom is 0.193 e. The molecule has 1 aliphatic rings. The summed E-state index contributed by atoms with van der Waals surface area (Å²) in [6.45, 7) is 15.6. The van der Waals surface area contributed by atoms with Crippen LogP contribution in [0.15, 0.2) is 17.6 Å². The molecular weight excluding hydrogens is 401 g/mol. The van der Waals surface area contributed by atoms with Gasteiger partial charge in [-0.1, -0.05) is 6.08 Å². The summed E-state index contributed by atoms with van der Waals surface area (Å²) < 4.78 is 0. The highest BCUT2D eigenvalue weighted by Gasteiger charge is 2.19. The molecule has 1 rings (SSSR count). The number of hydrogen-bond donors (Lipinski definition) is 1. The van der Waals surface area contributed by atoms with Gasteiger partial charge in [0.1, 0.15) is 0 Å². The van der Waals surface area contributed by atoms with Gasteiger partial charge >= 0.3 is 0 Å². The minimum Gasteiger partial charge on any atom is -0.357 e. The maximum absolute atomic E-state index is 4.84. The number of rotatable bonds is 8. The summed E-state index contributed by atoms with van der Waals surface area (Å²) in [6, 6.07) is 0.504. The highest BCUT2D eigenvalue weighted by molar-refractivity contribution is 14.0. The number of allylic oxidation sites excluding steroid dienone is 1. The average molecular weight is 437 g/mol. The summed E-state index contributed by atoms with van der Waals surface area (Å²) in [7, 11) is 4.31. The fourth-order valence-corrected chi connectivity index (χ4v) is 2.65. The Balaban J connectivity index is 0.00000484. The molecule has 1 N–H and O–H groups in total. The van der Waals surface area contributed by atoms with Crippen LogP contribution in [0.25, 0.3) is 0 Å². The van der Waals surface area contributed by atoms with Crippen LogP contribution in [0.5, 0.6) is 0 Å². The Morgan fingerprint density at radius 2 is 2.00 bits per heavy atom. The van der Waals surface area contributed by atoms with Crippen molar-refractivity contribution in [1.82, 2.24) is 20.0 Å². The van der Waals surface area contributed by atoms with Gasteiger partial charge in [0.05, 0.1) is 6.54 Å². The number of aliphatic imine (C=N–C) groups is 1. The number of guanidine groups is 1. The van der Waals surface area contributed by atoms with E-state index >= 15 is 0 Å². The SMILES string of the molecule is C=CCCCN(C)C(=NCC(C)N1CCN(C)CC1)NCC.I. The van der Waals surface area contributed by atoms with E-state index in [1.54, 1.807) is 0 Å². The van der Waals surface area contributed by atoms with E-state index in [9.17, 15) is 0 Å². The van der Waals surface area contributed by atoms with E-state index in [1.807, 2.05) is 6.08 Å². The minimum absolute atomic E-state index is 0. The Bertz CT molecular complexity index is 340. The molecule has 0 amide bonds. The van der Waals surface area contributed by atoms with E-state index in [2.05, 4.69) is 54.5 Å². The third-order valence-electron chi connectivity index (χ3n) is 4.26. The third-order valence-corrected chi connectivity index (χ3v) is 4.26. The van der Waals surface area contributed by atoms with Crippen LogP contribution in [0.1, 0.15) is 26.7 Å². The molecule has 0 bridgehead atoms. The van der Waals surface area contributed by atoms with Gasteiger partial charge in [-0.05, 0) is 33.7 Å². The van der Waals surface area contributed by atoms with Crippen LogP contribution in [-0.2, 0) is 0 Å². The lowest BCUT2D eigenvalue weighted by molar-refractivity contribution is 0.122. The molecule has 23 heavy (non-hydrogen) atoms. The zero-order chi connectivity index (χ0) is 16.4. The summed E-state index contributed by atoms with van der Waals surface area (Å²) >= 11 is 0. The fraction of sp³-hybridized carbons (Fsp3) is 0.824. The number of nitrogens with zero attached hydrogens (tertiary/aromatic N) is 4. The fourth-order valence-electron chi connectivity index (χ4n) is 2.65. The summed E-state index contributed by atoms with van der Waals surface area (Å²) in [5.74, 6) is 1.02. The van der Waals surface area contributed by atoms with Crippen molar-refractivity contribution in [3.63, 3.8) is 0 Å². The van der Waals surface area contributed by atoms with Crippen LogP contribution >= 0.6 is 24.0 Å². The molecule has 0 spiro atoms. The molecule has 0 aromatic carbocycles. The summed E-state index contributed by atoms with van der Waals surface area (Å²) in [4.78, 5) is 12.0. The second-order valence-electron chi connectivity index (χ2n) is 6.24. The Labute approximate surface area is 160 Å². The van der Waals surface area contributed by atoms with E-state index in [1.165, 1.54) is 0 Å². The molecule has 5 nitrogen and oxygen atoms in total. The van der Waals surface area contributed by atoms with Gasteiger partial charge in [-0.25, -0.2) is 0 Å². The zero-order valence-electron chi connectivity index (χ0n) is 15.4. The van der Waals surface area contributed by atoms with Crippen molar-refractivity contribution in [3.8, 4) is 0 Å². The van der Waals surface area contributed by atoms with Crippen molar-refractivity contribution < 1.29 is 0 Å². The van der Waals surface area contributed by atoms with Crippen molar-refractivity contribution >= 4 is 29.9 Å². The molecule has 6 heteroatoms. The van der Waals surface area contributed by atoms with E-state index < -0.39 is 0 Å². The van der Waals surface area contributed by atoms with Gasteiger partial charge in [0.15, 0.2) is 5.96 Å². The Hall–Kier alpha value is -0.340. The topological polar surface area (TPSA) is 34.1 Å². The molecule has 1 fully saturated rings. The highest BCUT2D eigenvalue weighted by atomic mass is 127. The summed E-state index contributed by atoms with van der Waals surface area (Å²) in [6.07, 6.45) is 4.16. The first-order valence-electron chi connectivity index (χ1n) is 8.61. The number of piperazine rings is 1. The first kappa shape index (κ1) is 22.7. The molecule has 0 radical (unpaired) electrons. The third kappa shape index (κ3) is 8.91. The second-order valence-corrected chi connectivity index (χ2v) is 6.24. The minimum atomic E-state index is 0. The quantitative estimate of drug-likeness (QED) is 0.207. The van der Waals surface area contributed by atoms with Gasteiger partial charge in [0.2, 0.25) is 0 Å². The lowest BCUT2D eigenvalue weighted by Crippen LogP contribution is -2.49. The standard InChI is InChI=1S/C17H35N5.HI/c1-6-8-9-10-21(5)17(18-7-2)19-15-16(3)22-13-11-20(4)12-14-22;/h6,16H,1,7-15H2,2-5H3,(H,18,19);1H. The summed E-state index contributed by atoms with van der Waals surface area (Å²) in [5.41, 5.74) is 0. The molecule has 1 atom stereocenters. The molecule has 1 unspecified atom stereocenters. The lowest BCUT2D eigenvalue weighted by Gasteiger charge is -2.36. The first-order valence-corrected chi connectivity index (χ1v) is 8.61. The maximum atomic E-state index is 4.84. The van der Waals surface area contributed by atoms with Crippen LogP contribution in [0.2, 0.25) is 0 Å². The number of likely N-dealkylation sites (N-methyl/N-ethyl adjacent to an activating group) is 1. The lowest BCUT2D eigenvalue weighted by atomic mass is 10.2. The molecular formula is C17H36IN5. The van der Waals surface area contributed by atoms with Crippen molar-refractivity contribution in [2.75, 3.05) is 59.9 Å². The van der Waals surface area contributed by atoms with Gasteiger partial charge < -0.3 is 15.1 Å². The van der Waals surface area contributed by atoms with Crippen molar-refractivity contribution in [2.45, 2.75) is 32.7 Å². The zero-order valence-corrected chi connectivity index (χ0v) is 17.8. The Morgan fingerprint density at radius 3 is 2.57 bits per heavy atom. The van der Waals surface area contributed by atoms with E-state index in [0.717, 1.165) is 64.6 Å². The van der Waals surface area contributed by atoms with Gasteiger partial charge in [-0.2, -0.15) is 0 Å². The van der Waals surface area contributed by atoms with E-state index in [-0.39, 0.29) is 24.0 Å². The molecule has 0 aliphatic carbocycles. The van der Waals surface area contributed by atoms with Gasteiger partial charge in [-0.15, -0.1) is 30.6 Å². The molecule has 0 aromatic rings. The Kier molecular flexibility index (Phi) is 12.8. The van der Waals surface area contributed by atoms with Crippen LogP contribution in [0, 0.1) is 0 Å². The monoisotopic (exact) mass is 437 g/mol. The van der Waals surface area contributed by atoms with Crippen molar-refractivity contribution in [2.24, 2.45) is 4.99 Å². The normalized spacial score (nSPS) is 18.2. The van der Waals surface area contributed by atoms with Gasteiger partial charge in [-0.3, -0.25) is 9.89 Å². The summed E-state index contributed by atoms with van der Waals surface area (Å²) in [5, 5.41) is 3.40. The first-order chi connectivity index (χ1) is 10.6. The van der Waals surface area contributed by atoms with Gasteiger partial charge in [0.25, 0.3) is 0 Å². The number of nitrogens with one attached hydrogen (secondary N) is 1. The number of hydrogen-bond acceptors (Lipinski definition) is 3. The Morgan fingerprint density at radius 1 is 1.35 bits per heavy atom. The predicted molar refractivity (Wildman–Crippen MR) is 112 cm³/mol. The van der Waals surface area contributed by atoms with Crippen molar-refractivity contribution in [1.29, 1.82) is 0 Å². The number of unbranched alkanes of at least 4 members (excludes halogenated alkanes) is 1. The second kappa shape index (κ2) is 13.0. The smallest absolute Gasteiger partial charge is 0.193 e. The van der Waals surface area contributed by atoms with Crippen molar-refractivity contribution in [3.05, 3.63) is 12.7 Å². The largest absolute Gasteiger partial charge is 0.357 e. The molecule has 136 valence electrons. The molecule has 1 aliphatic heterocycles. The van der Waals surface area contributed by atoms with Crippen LogP contribution in [0.4, 0.5) is 0 Å². The van der Waals surface area contributed by atoms with Crippen LogP contribution < -0.4 is 5.32 Å². The highest BCUT2D eigenvalue weighted by Crippen LogP contribution is 2.05. The predicted octanol–water partition coefficient (Wildman–Crippen LogP) is 2.10.